The minimum Gasteiger partial charge on any atom is -0.393 e. The number of aliphatic hydroxyl groups is 1. The summed E-state index contributed by atoms with van der Waals surface area (Å²) in [4.78, 5) is 12.0. The number of nitriles is 1. The van der Waals surface area contributed by atoms with Crippen LogP contribution in [0, 0.1) is 17.2 Å². The van der Waals surface area contributed by atoms with Crippen LogP contribution in [0.4, 0.5) is 0 Å². The Morgan fingerprint density at radius 3 is 2.74 bits per heavy atom. The van der Waals surface area contributed by atoms with Crippen LogP contribution in [0.2, 0.25) is 0 Å². The minimum atomic E-state index is -0.155. The van der Waals surface area contributed by atoms with Gasteiger partial charge in [-0.2, -0.15) is 5.26 Å². The van der Waals surface area contributed by atoms with Gasteiger partial charge in [0, 0.05) is 6.54 Å². The number of rotatable bonds is 7. The van der Waals surface area contributed by atoms with Crippen molar-refractivity contribution in [3.8, 4) is 6.07 Å². The first kappa shape index (κ1) is 17.5. The van der Waals surface area contributed by atoms with Crippen molar-refractivity contribution in [2.75, 3.05) is 6.54 Å². The topological polar surface area (TPSA) is 73.1 Å². The highest BCUT2D eigenvalue weighted by atomic mass is 16.3. The Hall–Kier alpha value is -1.86. The molecule has 4 heteroatoms. The van der Waals surface area contributed by atoms with Gasteiger partial charge in [0.05, 0.1) is 25.0 Å². The Kier molecular flexibility index (Phi) is 7.09. The number of carbonyl (C=O) groups excluding carboxylic acids is 1. The third-order valence-electron chi connectivity index (χ3n) is 4.68. The van der Waals surface area contributed by atoms with Crippen LogP contribution in [0.25, 0.3) is 0 Å². The number of amides is 1. The van der Waals surface area contributed by atoms with Crippen molar-refractivity contribution in [3.05, 3.63) is 35.4 Å². The summed E-state index contributed by atoms with van der Waals surface area (Å²) in [5, 5.41) is 21.7. The van der Waals surface area contributed by atoms with Gasteiger partial charge < -0.3 is 10.4 Å². The third-order valence-corrected chi connectivity index (χ3v) is 4.68. The second-order valence-electron chi connectivity index (χ2n) is 6.38. The molecule has 1 saturated carbocycles. The highest BCUT2D eigenvalue weighted by molar-refractivity contribution is 5.78. The molecule has 0 saturated heterocycles. The Balaban J connectivity index is 1.70. The molecule has 0 aromatic heterocycles. The highest BCUT2D eigenvalue weighted by Crippen LogP contribution is 2.27. The fraction of sp³-hybridized carbons (Fsp3) is 0.579. The maximum atomic E-state index is 12.0. The molecule has 2 atom stereocenters. The predicted octanol–water partition coefficient (Wildman–Crippen LogP) is 2.74. The summed E-state index contributed by atoms with van der Waals surface area (Å²) in [6.45, 7) is 0.655. The summed E-state index contributed by atoms with van der Waals surface area (Å²) < 4.78 is 0. The Morgan fingerprint density at radius 2 is 2.00 bits per heavy atom. The number of benzene rings is 1. The summed E-state index contributed by atoms with van der Waals surface area (Å²) in [6, 6.07) is 9.73. The van der Waals surface area contributed by atoms with E-state index in [0.717, 1.165) is 43.2 Å². The van der Waals surface area contributed by atoms with Crippen molar-refractivity contribution >= 4 is 5.91 Å². The maximum absolute atomic E-state index is 12.0. The van der Waals surface area contributed by atoms with Gasteiger partial charge in [-0.15, -0.1) is 0 Å². The van der Waals surface area contributed by atoms with Crippen molar-refractivity contribution in [3.63, 3.8) is 0 Å². The molecule has 23 heavy (non-hydrogen) atoms. The fourth-order valence-electron chi connectivity index (χ4n) is 3.34. The van der Waals surface area contributed by atoms with Gasteiger partial charge in [0.2, 0.25) is 5.91 Å². The lowest BCUT2D eigenvalue weighted by Crippen LogP contribution is -2.29. The van der Waals surface area contributed by atoms with Crippen molar-refractivity contribution in [2.24, 2.45) is 5.92 Å². The highest BCUT2D eigenvalue weighted by Gasteiger charge is 2.22. The first-order valence-electron chi connectivity index (χ1n) is 8.59. The van der Waals surface area contributed by atoms with Crippen LogP contribution in [0.3, 0.4) is 0 Å². The van der Waals surface area contributed by atoms with E-state index >= 15 is 0 Å². The molecule has 0 radical (unpaired) electrons. The lowest BCUT2D eigenvalue weighted by atomic mass is 9.83. The molecule has 2 unspecified atom stereocenters. The molecule has 1 amide bonds. The molecule has 124 valence electrons. The van der Waals surface area contributed by atoms with E-state index in [1.54, 1.807) is 0 Å². The largest absolute Gasteiger partial charge is 0.393 e. The number of carbonyl (C=O) groups is 1. The van der Waals surface area contributed by atoms with Crippen LogP contribution in [0.1, 0.15) is 49.7 Å². The Labute approximate surface area is 138 Å². The van der Waals surface area contributed by atoms with E-state index in [9.17, 15) is 9.90 Å². The van der Waals surface area contributed by atoms with E-state index in [4.69, 9.17) is 5.26 Å². The zero-order chi connectivity index (χ0) is 16.5. The van der Waals surface area contributed by atoms with E-state index in [-0.39, 0.29) is 12.0 Å². The Morgan fingerprint density at radius 1 is 1.26 bits per heavy atom. The molecular weight excluding hydrogens is 288 g/mol. The van der Waals surface area contributed by atoms with Gasteiger partial charge in [-0.05, 0) is 42.7 Å². The lowest BCUT2D eigenvalue weighted by Gasteiger charge is -2.27. The van der Waals surface area contributed by atoms with Crippen LogP contribution in [-0.2, 0) is 17.6 Å². The molecule has 1 aliphatic rings. The van der Waals surface area contributed by atoms with Gasteiger partial charge >= 0.3 is 0 Å². The summed E-state index contributed by atoms with van der Waals surface area (Å²) >= 11 is 0. The second kappa shape index (κ2) is 9.32. The average Bonchev–Trinajstić information content (AvgIpc) is 2.55. The molecule has 0 spiro atoms. The van der Waals surface area contributed by atoms with Crippen LogP contribution >= 0.6 is 0 Å². The number of aliphatic hydroxyl groups excluding tert-OH is 1. The predicted molar refractivity (Wildman–Crippen MR) is 89.7 cm³/mol. The average molecular weight is 314 g/mol. The van der Waals surface area contributed by atoms with Crippen molar-refractivity contribution in [2.45, 2.75) is 57.5 Å². The van der Waals surface area contributed by atoms with E-state index in [0.29, 0.717) is 25.3 Å². The smallest absolute Gasteiger partial charge is 0.224 e. The standard InChI is InChI=1S/C19H26N2O2/c20-12-11-15-6-1-2-8-17(15)14-19(23)21-13-5-9-16-7-3-4-10-18(16)22/h1-2,6,8,16,18,22H,3-5,7,9-11,13-14H2,(H,21,23). The van der Waals surface area contributed by atoms with Crippen LogP contribution < -0.4 is 5.32 Å². The molecular formula is C19H26N2O2. The van der Waals surface area contributed by atoms with Crippen molar-refractivity contribution in [1.82, 2.24) is 5.32 Å². The molecule has 1 fully saturated rings. The normalized spacial score (nSPS) is 20.7. The summed E-state index contributed by atoms with van der Waals surface area (Å²) in [6.07, 6.45) is 6.77. The van der Waals surface area contributed by atoms with Gasteiger partial charge in [-0.1, -0.05) is 37.1 Å². The van der Waals surface area contributed by atoms with Gasteiger partial charge in [0.1, 0.15) is 0 Å². The van der Waals surface area contributed by atoms with Gasteiger partial charge in [-0.25, -0.2) is 0 Å². The number of nitrogens with one attached hydrogen (secondary N) is 1. The number of hydrogen-bond acceptors (Lipinski definition) is 3. The molecule has 1 aromatic carbocycles. The molecule has 1 aliphatic carbocycles. The molecule has 2 N–H and O–H groups in total. The summed E-state index contributed by atoms with van der Waals surface area (Å²) in [7, 11) is 0. The van der Waals surface area contributed by atoms with E-state index in [1.807, 2.05) is 24.3 Å². The quantitative estimate of drug-likeness (QED) is 0.760. The van der Waals surface area contributed by atoms with Crippen molar-refractivity contribution in [1.29, 1.82) is 5.26 Å². The van der Waals surface area contributed by atoms with Crippen LogP contribution in [-0.4, -0.2) is 23.7 Å². The molecule has 1 aromatic rings. The van der Waals surface area contributed by atoms with E-state index < -0.39 is 0 Å². The van der Waals surface area contributed by atoms with Gasteiger partial charge in [-0.3, -0.25) is 4.79 Å². The molecule has 0 aliphatic heterocycles. The molecule has 0 bridgehead atoms. The monoisotopic (exact) mass is 314 g/mol. The first-order chi connectivity index (χ1) is 11.2. The summed E-state index contributed by atoms with van der Waals surface area (Å²) in [5.74, 6) is 0.400. The fourth-order valence-corrected chi connectivity index (χ4v) is 3.34. The van der Waals surface area contributed by atoms with Gasteiger partial charge in [0.15, 0.2) is 0 Å². The maximum Gasteiger partial charge on any atom is 0.224 e. The lowest BCUT2D eigenvalue weighted by molar-refractivity contribution is -0.120. The zero-order valence-corrected chi connectivity index (χ0v) is 13.6. The second-order valence-corrected chi connectivity index (χ2v) is 6.38. The van der Waals surface area contributed by atoms with Crippen LogP contribution in [0.5, 0.6) is 0 Å². The summed E-state index contributed by atoms with van der Waals surface area (Å²) in [5.41, 5.74) is 1.85. The third kappa shape index (κ3) is 5.69. The van der Waals surface area contributed by atoms with Crippen LogP contribution in [0.15, 0.2) is 24.3 Å². The Bertz CT molecular complexity index is 551. The molecule has 4 nitrogen and oxygen atoms in total. The van der Waals surface area contributed by atoms with E-state index in [1.165, 1.54) is 6.42 Å². The minimum absolute atomic E-state index is 0.000387. The van der Waals surface area contributed by atoms with Crippen molar-refractivity contribution < 1.29 is 9.90 Å². The molecule has 0 heterocycles. The van der Waals surface area contributed by atoms with Gasteiger partial charge in [0.25, 0.3) is 0 Å². The number of hydrogen-bond donors (Lipinski definition) is 2. The zero-order valence-electron chi connectivity index (χ0n) is 13.6. The number of nitrogens with zero attached hydrogens (tertiary/aromatic N) is 1. The first-order valence-corrected chi connectivity index (χ1v) is 8.59. The SMILES string of the molecule is N#CCc1ccccc1CC(=O)NCCCC1CCCCC1O. The molecule has 2 rings (SSSR count). The van der Waals surface area contributed by atoms with E-state index in [2.05, 4.69) is 11.4 Å².